The van der Waals surface area contributed by atoms with Gasteiger partial charge in [0.1, 0.15) is 0 Å². The van der Waals surface area contributed by atoms with Crippen molar-refractivity contribution in [2.24, 2.45) is 0 Å². The van der Waals surface area contributed by atoms with E-state index in [1.807, 2.05) is 0 Å². The summed E-state index contributed by atoms with van der Waals surface area (Å²) in [5.74, 6) is 0. The standard InChI is InChI=1S/C8H5F6NO4S2/c9-7(10,11)20(16,17)6(4-5-2-1-3-15-5)21(18,19)8(12,13)14/h1-4,15H. The number of halogens is 6. The van der Waals surface area contributed by atoms with Gasteiger partial charge in [0, 0.05) is 11.9 Å². The van der Waals surface area contributed by atoms with Crippen LogP contribution in [-0.2, 0) is 19.7 Å². The molecule has 120 valence electrons. The molecule has 1 N–H and O–H groups in total. The molecule has 1 aromatic rings. The molecule has 1 rings (SSSR count). The molecule has 0 aromatic carbocycles. The van der Waals surface area contributed by atoms with Gasteiger partial charge in [-0.2, -0.15) is 26.3 Å². The third-order valence-electron chi connectivity index (χ3n) is 2.03. The molecule has 0 fully saturated rings. The van der Waals surface area contributed by atoms with E-state index in [0.717, 1.165) is 18.3 Å². The lowest BCUT2D eigenvalue weighted by Gasteiger charge is -2.14. The fraction of sp³-hybridized carbons (Fsp3) is 0.250. The summed E-state index contributed by atoms with van der Waals surface area (Å²) in [7, 11) is -13.4. The molecule has 5 nitrogen and oxygen atoms in total. The predicted molar refractivity (Wildman–Crippen MR) is 58.7 cm³/mol. The van der Waals surface area contributed by atoms with Crippen LogP contribution in [0.5, 0.6) is 0 Å². The molecule has 0 radical (unpaired) electrons. The summed E-state index contributed by atoms with van der Waals surface area (Å²) in [6.07, 6.45) is 0.801. The van der Waals surface area contributed by atoms with Gasteiger partial charge in [-0.05, 0) is 18.2 Å². The zero-order valence-electron chi connectivity index (χ0n) is 9.53. The molecule has 0 aliphatic heterocycles. The molecular weight excluding hydrogens is 352 g/mol. The summed E-state index contributed by atoms with van der Waals surface area (Å²) in [5.41, 5.74) is -13.0. The number of nitrogens with one attached hydrogen (secondary N) is 1. The third kappa shape index (κ3) is 3.23. The summed E-state index contributed by atoms with van der Waals surface area (Å²) < 4.78 is 116. The predicted octanol–water partition coefficient (Wildman–Crippen LogP) is 2.18. The topological polar surface area (TPSA) is 84.1 Å². The van der Waals surface area contributed by atoms with Crippen LogP contribution in [0.2, 0.25) is 0 Å². The summed E-state index contributed by atoms with van der Waals surface area (Å²) in [6.45, 7) is 0. The summed E-state index contributed by atoms with van der Waals surface area (Å²) in [6, 6.07) is 2.00. The first-order chi connectivity index (χ1) is 9.21. The van der Waals surface area contributed by atoms with Crippen molar-refractivity contribution in [2.45, 2.75) is 11.0 Å². The zero-order valence-corrected chi connectivity index (χ0v) is 11.2. The number of hydrogen-bond acceptors (Lipinski definition) is 4. The molecule has 0 bridgehead atoms. The maximum atomic E-state index is 12.4. The highest BCUT2D eigenvalue weighted by atomic mass is 32.3. The van der Waals surface area contributed by atoms with E-state index in [4.69, 9.17) is 0 Å². The second-order valence-corrected chi connectivity index (χ2v) is 7.56. The van der Waals surface area contributed by atoms with Crippen molar-refractivity contribution in [1.82, 2.24) is 4.98 Å². The van der Waals surface area contributed by atoms with Gasteiger partial charge in [-0.1, -0.05) is 0 Å². The SMILES string of the molecule is O=S(=O)(C(=Cc1ccc[nH]1)S(=O)(=O)C(F)(F)F)C(F)(F)F. The van der Waals surface area contributed by atoms with E-state index in [2.05, 4.69) is 4.98 Å². The van der Waals surface area contributed by atoms with Gasteiger partial charge in [0.15, 0.2) is 4.24 Å². The highest BCUT2D eigenvalue weighted by molar-refractivity contribution is 8.15. The van der Waals surface area contributed by atoms with Crippen molar-refractivity contribution in [3.05, 3.63) is 28.3 Å². The lowest BCUT2D eigenvalue weighted by molar-refractivity contribution is -0.0443. The molecular formula is C8H5F6NO4S2. The van der Waals surface area contributed by atoms with Gasteiger partial charge in [-0.25, -0.2) is 16.8 Å². The highest BCUT2D eigenvalue weighted by Crippen LogP contribution is 2.39. The number of aromatic nitrogens is 1. The molecule has 0 saturated carbocycles. The first-order valence-corrected chi connectivity index (χ1v) is 7.65. The van der Waals surface area contributed by atoms with E-state index in [0.29, 0.717) is 0 Å². The Bertz CT molecular complexity index is 694. The van der Waals surface area contributed by atoms with Gasteiger partial charge >= 0.3 is 11.0 Å². The first kappa shape index (κ1) is 17.6. The quantitative estimate of drug-likeness (QED) is 0.841. The van der Waals surface area contributed by atoms with Crippen LogP contribution >= 0.6 is 0 Å². The number of aromatic amines is 1. The third-order valence-corrected chi connectivity index (χ3v) is 5.86. The van der Waals surface area contributed by atoms with E-state index in [-0.39, 0.29) is 6.08 Å². The fourth-order valence-corrected chi connectivity index (χ4v) is 3.83. The van der Waals surface area contributed by atoms with Gasteiger partial charge < -0.3 is 4.98 Å². The number of alkyl halides is 6. The Hall–Kier alpha value is -1.50. The van der Waals surface area contributed by atoms with E-state index in [9.17, 15) is 43.2 Å². The van der Waals surface area contributed by atoms with Crippen LogP contribution in [0.4, 0.5) is 26.3 Å². The first-order valence-electron chi connectivity index (χ1n) is 4.69. The molecule has 0 aliphatic rings. The highest BCUT2D eigenvalue weighted by Gasteiger charge is 2.59. The van der Waals surface area contributed by atoms with Crippen LogP contribution < -0.4 is 0 Å². The molecule has 1 aromatic heterocycles. The van der Waals surface area contributed by atoms with Crippen LogP contribution in [0.15, 0.2) is 22.6 Å². The van der Waals surface area contributed by atoms with Crippen molar-refractivity contribution < 1.29 is 43.2 Å². The maximum Gasteiger partial charge on any atom is 0.502 e. The number of rotatable bonds is 3. The van der Waals surface area contributed by atoms with Crippen LogP contribution in [-0.4, -0.2) is 32.8 Å². The Morgan fingerprint density at radius 1 is 0.952 bits per heavy atom. The van der Waals surface area contributed by atoms with Gasteiger partial charge in [0.2, 0.25) is 0 Å². The van der Waals surface area contributed by atoms with Crippen molar-refractivity contribution in [3.63, 3.8) is 0 Å². The summed E-state index contributed by atoms with van der Waals surface area (Å²) in [5, 5.41) is 0. The van der Waals surface area contributed by atoms with E-state index in [1.54, 1.807) is 0 Å². The Kier molecular flexibility index (Phi) is 4.22. The molecule has 1 heterocycles. The Labute approximate surface area is 114 Å². The number of H-pyrrole nitrogens is 1. The van der Waals surface area contributed by atoms with Crippen molar-refractivity contribution in [2.75, 3.05) is 0 Å². The molecule has 0 unspecified atom stereocenters. The largest absolute Gasteiger partial charge is 0.502 e. The maximum absolute atomic E-state index is 12.4. The van der Waals surface area contributed by atoms with Crippen LogP contribution in [0.1, 0.15) is 5.69 Å². The van der Waals surface area contributed by atoms with Crippen molar-refractivity contribution in [1.29, 1.82) is 0 Å². The minimum absolute atomic E-state index is 0.244. The van der Waals surface area contributed by atoms with Crippen LogP contribution in [0.3, 0.4) is 0 Å². The van der Waals surface area contributed by atoms with Crippen LogP contribution in [0.25, 0.3) is 6.08 Å². The lowest BCUT2D eigenvalue weighted by Crippen LogP contribution is -2.34. The molecule has 0 aliphatic carbocycles. The number of sulfone groups is 2. The Balaban J connectivity index is 3.71. The summed E-state index contributed by atoms with van der Waals surface area (Å²) >= 11 is 0. The van der Waals surface area contributed by atoms with Crippen molar-refractivity contribution >= 4 is 25.8 Å². The average Bonchev–Trinajstić information content (AvgIpc) is 2.74. The fourth-order valence-electron chi connectivity index (χ4n) is 1.09. The molecule has 13 heteroatoms. The molecule has 0 amide bonds. The second kappa shape index (κ2) is 5.05. The lowest BCUT2D eigenvalue weighted by atomic mass is 10.4. The minimum Gasteiger partial charge on any atom is -0.362 e. The van der Waals surface area contributed by atoms with Crippen LogP contribution in [0, 0.1) is 0 Å². The second-order valence-electron chi connectivity index (χ2n) is 3.49. The molecule has 21 heavy (non-hydrogen) atoms. The molecule has 0 spiro atoms. The number of hydrogen-bond donors (Lipinski definition) is 1. The Morgan fingerprint density at radius 3 is 1.67 bits per heavy atom. The summed E-state index contributed by atoms with van der Waals surface area (Å²) in [4.78, 5) is 2.07. The van der Waals surface area contributed by atoms with E-state index in [1.165, 1.54) is 0 Å². The van der Waals surface area contributed by atoms with Gasteiger partial charge in [-0.3, -0.25) is 0 Å². The minimum atomic E-state index is -6.72. The van der Waals surface area contributed by atoms with E-state index < -0.39 is 40.6 Å². The van der Waals surface area contributed by atoms with Gasteiger partial charge in [0.25, 0.3) is 19.7 Å². The molecule has 0 saturated heterocycles. The average molecular weight is 357 g/mol. The normalized spacial score (nSPS) is 14.0. The van der Waals surface area contributed by atoms with E-state index >= 15 is 0 Å². The molecule has 0 atom stereocenters. The Morgan fingerprint density at radius 2 is 1.38 bits per heavy atom. The monoisotopic (exact) mass is 357 g/mol. The van der Waals surface area contributed by atoms with Gasteiger partial charge in [-0.15, -0.1) is 0 Å². The van der Waals surface area contributed by atoms with Gasteiger partial charge in [0.05, 0.1) is 0 Å². The smallest absolute Gasteiger partial charge is 0.362 e. The zero-order chi connectivity index (χ0) is 16.7. The van der Waals surface area contributed by atoms with Crippen molar-refractivity contribution in [3.8, 4) is 0 Å².